The third-order valence-corrected chi connectivity index (χ3v) is 2.54. The number of rotatable bonds is 4. The first-order valence-corrected chi connectivity index (χ1v) is 5.54. The molecular weight excluding hydrogens is 217 g/mol. The summed E-state index contributed by atoms with van der Waals surface area (Å²) < 4.78 is 13.9. The van der Waals surface area contributed by atoms with Gasteiger partial charge in [0.1, 0.15) is 5.82 Å². The molecule has 0 fully saturated rings. The standard InChI is InChI=1S/C14H18FNO/c1-5-9-16(14(2,3)4)13-11(10-17)7-6-8-12(13)15/h5-8,10H,1,9H2,2-4H3. The highest BCUT2D eigenvalue weighted by Crippen LogP contribution is 2.29. The van der Waals surface area contributed by atoms with Gasteiger partial charge in [-0.2, -0.15) is 0 Å². The molecule has 0 saturated carbocycles. The van der Waals surface area contributed by atoms with E-state index in [4.69, 9.17) is 0 Å². The maximum absolute atomic E-state index is 13.9. The molecule has 0 aromatic heterocycles. The fourth-order valence-corrected chi connectivity index (χ4v) is 1.74. The van der Waals surface area contributed by atoms with Crippen molar-refractivity contribution in [1.82, 2.24) is 0 Å². The summed E-state index contributed by atoms with van der Waals surface area (Å²) in [6.45, 7) is 10.1. The van der Waals surface area contributed by atoms with Crippen molar-refractivity contribution in [2.45, 2.75) is 26.3 Å². The Kier molecular flexibility index (Phi) is 4.05. The van der Waals surface area contributed by atoms with E-state index in [0.29, 0.717) is 24.1 Å². The lowest BCUT2D eigenvalue weighted by Crippen LogP contribution is -2.42. The Bertz CT molecular complexity index is 421. The van der Waals surface area contributed by atoms with E-state index in [9.17, 15) is 9.18 Å². The maximum Gasteiger partial charge on any atom is 0.152 e. The minimum absolute atomic E-state index is 0.284. The van der Waals surface area contributed by atoms with Crippen LogP contribution in [-0.2, 0) is 0 Å². The van der Waals surface area contributed by atoms with Crippen molar-refractivity contribution in [3.63, 3.8) is 0 Å². The SMILES string of the molecule is C=CCN(c1c(F)cccc1C=O)C(C)(C)C. The molecule has 0 amide bonds. The zero-order valence-electron chi connectivity index (χ0n) is 10.5. The highest BCUT2D eigenvalue weighted by Gasteiger charge is 2.25. The average molecular weight is 235 g/mol. The van der Waals surface area contributed by atoms with Crippen molar-refractivity contribution in [2.75, 3.05) is 11.4 Å². The van der Waals surface area contributed by atoms with Crippen molar-refractivity contribution < 1.29 is 9.18 Å². The van der Waals surface area contributed by atoms with Gasteiger partial charge in [0.25, 0.3) is 0 Å². The van der Waals surface area contributed by atoms with Crippen molar-refractivity contribution >= 4 is 12.0 Å². The summed E-state index contributed by atoms with van der Waals surface area (Å²) in [4.78, 5) is 12.8. The van der Waals surface area contributed by atoms with E-state index in [2.05, 4.69) is 6.58 Å². The summed E-state index contributed by atoms with van der Waals surface area (Å²) in [5, 5.41) is 0. The number of hydrogen-bond acceptors (Lipinski definition) is 2. The summed E-state index contributed by atoms with van der Waals surface area (Å²) >= 11 is 0. The van der Waals surface area contributed by atoms with Crippen LogP contribution in [0.15, 0.2) is 30.9 Å². The molecule has 92 valence electrons. The third kappa shape index (κ3) is 2.93. The zero-order chi connectivity index (χ0) is 13.1. The van der Waals surface area contributed by atoms with Gasteiger partial charge < -0.3 is 4.90 Å². The minimum Gasteiger partial charge on any atom is -0.360 e. The Labute approximate surface area is 102 Å². The van der Waals surface area contributed by atoms with E-state index in [0.717, 1.165) is 0 Å². The van der Waals surface area contributed by atoms with E-state index in [1.807, 2.05) is 25.7 Å². The molecule has 0 atom stereocenters. The summed E-state index contributed by atoms with van der Waals surface area (Å²) in [5.74, 6) is -0.383. The first kappa shape index (κ1) is 13.4. The molecule has 0 heterocycles. The first-order chi connectivity index (χ1) is 7.91. The summed E-state index contributed by atoms with van der Waals surface area (Å²) in [7, 11) is 0. The fourth-order valence-electron chi connectivity index (χ4n) is 1.74. The Morgan fingerprint density at radius 3 is 2.53 bits per heavy atom. The second kappa shape index (κ2) is 5.13. The van der Waals surface area contributed by atoms with Gasteiger partial charge in [-0.15, -0.1) is 6.58 Å². The number of carbonyl (C=O) groups is 1. The Balaban J connectivity index is 3.36. The van der Waals surface area contributed by atoms with Crippen LogP contribution in [0.3, 0.4) is 0 Å². The molecule has 1 aromatic carbocycles. The monoisotopic (exact) mass is 235 g/mol. The van der Waals surface area contributed by atoms with Gasteiger partial charge in [-0.1, -0.05) is 12.1 Å². The van der Waals surface area contributed by atoms with Crippen LogP contribution in [0.25, 0.3) is 0 Å². The number of nitrogens with zero attached hydrogens (tertiary/aromatic N) is 1. The van der Waals surface area contributed by atoms with Crippen LogP contribution in [0.1, 0.15) is 31.1 Å². The van der Waals surface area contributed by atoms with Gasteiger partial charge in [0.2, 0.25) is 0 Å². The van der Waals surface area contributed by atoms with E-state index in [1.54, 1.807) is 12.1 Å². The number of aldehydes is 1. The second-order valence-electron chi connectivity index (χ2n) is 4.87. The summed E-state index contributed by atoms with van der Waals surface area (Å²) in [5.41, 5.74) is 0.422. The normalized spacial score (nSPS) is 11.1. The van der Waals surface area contributed by atoms with Gasteiger partial charge in [-0.05, 0) is 32.9 Å². The number of anilines is 1. The molecule has 17 heavy (non-hydrogen) atoms. The second-order valence-corrected chi connectivity index (χ2v) is 4.87. The van der Waals surface area contributed by atoms with Crippen molar-refractivity contribution in [2.24, 2.45) is 0 Å². The van der Waals surface area contributed by atoms with Gasteiger partial charge in [0.05, 0.1) is 5.69 Å². The average Bonchev–Trinajstić information content (AvgIpc) is 2.25. The van der Waals surface area contributed by atoms with Gasteiger partial charge in [0.15, 0.2) is 6.29 Å². The molecular formula is C14H18FNO. The van der Waals surface area contributed by atoms with Gasteiger partial charge >= 0.3 is 0 Å². The topological polar surface area (TPSA) is 20.3 Å². The van der Waals surface area contributed by atoms with Crippen LogP contribution in [0, 0.1) is 5.82 Å². The molecule has 0 unspecified atom stereocenters. The predicted molar refractivity (Wildman–Crippen MR) is 69.1 cm³/mol. The largest absolute Gasteiger partial charge is 0.360 e. The Hall–Kier alpha value is -1.64. The van der Waals surface area contributed by atoms with Gasteiger partial charge in [0, 0.05) is 17.6 Å². The molecule has 0 aliphatic carbocycles. The van der Waals surface area contributed by atoms with E-state index in [1.165, 1.54) is 12.1 Å². The Morgan fingerprint density at radius 1 is 1.41 bits per heavy atom. The lowest BCUT2D eigenvalue weighted by Gasteiger charge is -2.37. The van der Waals surface area contributed by atoms with Gasteiger partial charge in [-0.25, -0.2) is 4.39 Å². The first-order valence-electron chi connectivity index (χ1n) is 5.54. The number of hydrogen-bond donors (Lipinski definition) is 0. The van der Waals surface area contributed by atoms with Crippen LogP contribution >= 0.6 is 0 Å². The van der Waals surface area contributed by atoms with E-state index >= 15 is 0 Å². The Morgan fingerprint density at radius 2 is 2.06 bits per heavy atom. The zero-order valence-corrected chi connectivity index (χ0v) is 10.5. The van der Waals surface area contributed by atoms with Crippen LogP contribution in [0.2, 0.25) is 0 Å². The van der Waals surface area contributed by atoms with Gasteiger partial charge in [-0.3, -0.25) is 4.79 Å². The quantitative estimate of drug-likeness (QED) is 0.588. The van der Waals surface area contributed by atoms with Crippen molar-refractivity contribution in [1.29, 1.82) is 0 Å². The van der Waals surface area contributed by atoms with Crippen molar-refractivity contribution in [3.8, 4) is 0 Å². The lowest BCUT2D eigenvalue weighted by molar-refractivity contribution is 0.112. The molecule has 3 heteroatoms. The van der Waals surface area contributed by atoms with Crippen molar-refractivity contribution in [3.05, 3.63) is 42.2 Å². The smallest absolute Gasteiger partial charge is 0.152 e. The summed E-state index contributed by atoms with van der Waals surface area (Å²) in [6, 6.07) is 4.52. The highest BCUT2D eigenvalue weighted by atomic mass is 19.1. The van der Waals surface area contributed by atoms with Crippen LogP contribution in [0.4, 0.5) is 10.1 Å². The molecule has 1 rings (SSSR count). The highest BCUT2D eigenvalue weighted by molar-refractivity contribution is 5.85. The molecule has 0 bridgehead atoms. The molecule has 1 aromatic rings. The maximum atomic E-state index is 13.9. The van der Waals surface area contributed by atoms with E-state index < -0.39 is 0 Å². The molecule has 0 aliphatic rings. The van der Waals surface area contributed by atoms with Crippen LogP contribution in [0.5, 0.6) is 0 Å². The fraction of sp³-hybridized carbons (Fsp3) is 0.357. The minimum atomic E-state index is -0.383. The van der Waals surface area contributed by atoms with Crippen LogP contribution in [-0.4, -0.2) is 18.4 Å². The summed E-state index contributed by atoms with van der Waals surface area (Å²) in [6.07, 6.45) is 2.38. The molecule has 0 spiro atoms. The number of carbonyl (C=O) groups excluding carboxylic acids is 1. The number of benzene rings is 1. The molecule has 0 aliphatic heterocycles. The number of para-hydroxylation sites is 1. The van der Waals surface area contributed by atoms with Crippen LogP contribution < -0.4 is 4.90 Å². The molecule has 0 radical (unpaired) electrons. The predicted octanol–water partition coefficient (Wildman–Crippen LogP) is 3.43. The van der Waals surface area contributed by atoms with E-state index in [-0.39, 0.29) is 11.4 Å². The number of halogens is 1. The molecule has 2 nitrogen and oxygen atoms in total. The lowest BCUT2D eigenvalue weighted by atomic mass is 10.0. The molecule has 0 N–H and O–H groups in total. The third-order valence-electron chi connectivity index (χ3n) is 2.54. The molecule has 0 saturated heterocycles.